The molecule has 0 saturated heterocycles. The van der Waals surface area contributed by atoms with Crippen LogP contribution in [-0.2, 0) is 19.1 Å². The van der Waals surface area contributed by atoms with Crippen LogP contribution in [0, 0.1) is 16.7 Å². The van der Waals surface area contributed by atoms with Crippen LogP contribution >= 0.6 is 0 Å². The Labute approximate surface area is 107 Å². The maximum Gasteiger partial charge on any atom is 0.337 e. The number of methoxy groups -OCH3 is 1. The second-order valence-electron chi connectivity index (χ2n) is 5.97. The third-order valence-electron chi connectivity index (χ3n) is 4.97. The Morgan fingerprint density at radius 1 is 1.28 bits per heavy atom. The van der Waals surface area contributed by atoms with E-state index in [2.05, 4.69) is 20.8 Å². The van der Waals surface area contributed by atoms with Crippen molar-refractivity contribution in [1.82, 2.24) is 0 Å². The van der Waals surface area contributed by atoms with Gasteiger partial charge in [-0.2, -0.15) is 0 Å². The predicted octanol–water partition coefficient (Wildman–Crippen LogP) is 2.43. The van der Waals surface area contributed by atoms with Crippen molar-refractivity contribution in [3.05, 3.63) is 11.3 Å². The first-order valence-electron chi connectivity index (χ1n) is 6.27. The van der Waals surface area contributed by atoms with E-state index in [0.717, 1.165) is 12.8 Å². The molecule has 0 aromatic carbocycles. The van der Waals surface area contributed by atoms with Crippen molar-refractivity contribution in [3.8, 4) is 0 Å². The molecule has 0 amide bonds. The number of rotatable bonds is 2. The van der Waals surface area contributed by atoms with Crippen LogP contribution in [-0.4, -0.2) is 19.0 Å². The SMILES string of the molecule is COC(=O)C1=C(OC(C)=O)[C@@]2(C)CC[C@H]1C2(C)C. The van der Waals surface area contributed by atoms with E-state index >= 15 is 0 Å². The van der Waals surface area contributed by atoms with Gasteiger partial charge in [0, 0.05) is 18.3 Å². The molecular formula is C14H20O4. The van der Waals surface area contributed by atoms with Gasteiger partial charge in [-0.15, -0.1) is 0 Å². The maximum atomic E-state index is 12.0. The number of ether oxygens (including phenoxy) is 2. The fourth-order valence-corrected chi connectivity index (χ4v) is 3.52. The molecule has 0 heterocycles. The minimum Gasteiger partial charge on any atom is -0.466 e. The van der Waals surface area contributed by atoms with Crippen LogP contribution in [0.1, 0.15) is 40.5 Å². The minimum absolute atomic E-state index is 0.0820. The van der Waals surface area contributed by atoms with Crippen molar-refractivity contribution < 1.29 is 19.1 Å². The van der Waals surface area contributed by atoms with E-state index in [9.17, 15) is 9.59 Å². The first kappa shape index (κ1) is 13.1. The van der Waals surface area contributed by atoms with E-state index in [0.29, 0.717) is 11.3 Å². The van der Waals surface area contributed by atoms with Gasteiger partial charge in [0.15, 0.2) is 0 Å². The third kappa shape index (κ3) is 1.44. The maximum absolute atomic E-state index is 12.0. The van der Waals surface area contributed by atoms with Gasteiger partial charge in [0.1, 0.15) is 5.76 Å². The largest absolute Gasteiger partial charge is 0.466 e. The van der Waals surface area contributed by atoms with Crippen LogP contribution in [0.2, 0.25) is 0 Å². The van der Waals surface area contributed by atoms with Crippen molar-refractivity contribution >= 4 is 11.9 Å². The van der Waals surface area contributed by atoms with Crippen molar-refractivity contribution in [1.29, 1.82) is 0 Å². The molecule has 0 aromatic rings. The number of carbonyl (C=O) groups excluding carboxylic acids is 2. The number of esters is 2. The highest BCUT2D eigenvalue weighted by Gasteiger charge is 2.64. The summed E-state index contributed by atoms with van der Waals surface area (Å²) >= 11 is 0. The zero-order valence-corrected chi connectivity index (χ0v) is 11.6. The topological polar surface area (TPSA) is 52.6 Å². The van der Waals surface area contributed by atoms with Gasteiger partial charge in [0.05, 0.1) is 12.7 Å². The Morgan fingerprint density at radius 2 is 1.89 bits per heavy atom. The highest BCUT2D eigenvalue weighted by Crippen LogP contribution is 2.68. The molecule has 18 heavy (non-hydrogen) atoms. The van der Waals surface area contributed by atoms with Gasteiger partial charge >= 0.3 is 11.9 Å². The molecule has 2 rings (SSSR count). The lowest BCUT2D eigenvalue weighted by Crippen LogP contribution is -2.31. The standard InChI is InChI=1S/C14H20O4/c1-8(15)18-11-10(12(16)17-5)9-6-7-14(11,4)13(9,2)3/h9H,6-7H2,1-5H3/t9-,14-/m1/s1. The highest BCUT2D eigenvalue weighted by atomic mass is 16.5. The van der Waals surface area contributed by atoms with E-state index in [4.69, 9.17) is 9.47 Å². The lowest BCUT2D eigenvalue weighted by Gasteiger charge is -2.35. The zero-order chi connectivity index (χ0) is 13.7. The fraction of sp³-hybridized carbons (Fsp3) is 0.714. The lowest BCUT2D eigenvalue weighted by molar-refractivity contribution is -0.140. The summed E-state index contributed by atoms with van der Waals surface area (Å²) in [6.45, 7) is 7.69. The van der Waals surface area contributed by atoms with Crippen LogP contribution in [0.5, 0.6) is 0 Å². The van der Waals surface area contributed by atoms with E-state index in [1.807, 2.05) is 0 Å². The smallest absolute Gasteiger partial charge is 0.337 e. The van der Waals surface area contributed by atoms with E-state index in [-0.39, 0.29) is 28.7 Å². The Kier molecular flexibility index (Phi) is 2.80. The molecule has 4 heteroatoms. The fourth-order valence-electron chi connectivity index (χ4n) is 3.52. The molecule has 2 aliphatic carbocycles. The van der Waals surface area contributed by atoms with Crippen LogP contribution in [0.4, 0.5) is 0 Å². The van der Waals surface area contributed by atoms with Crippen LogP contribution in [0.25, 0.3) is 0 Å². The Bertz CT molecular complexity index is 447. The number of carbonyl (C=O) groups is 2. The molecule has 0 N–H and O–H groups in total. The van der Waals surface area contributed by atoms with Crippen LogP contribution in [0.3, 0.4) is 0 Å². The molecule has 0 aliphatic heterocycles. The molecule has 0 spiro atoms. The molecule has 1 fully saturated rings. The molecule has 100 valence electrons. The van der Waals surface area contributed by atoms with E-state index in [1.54, 1.807) is 0 Å². The molecule has 2 atom stereocenters. The van der Waals surface area contributed by atoms with Gasteiger partial charge in [0.2, 0.25) is 0 Å². The average Bonchev–Trinajstić information content (AvgIpc) is 2.59. The molecule has 2 bridgehead atoms. The summed E-state index contributed by atoms with van der Waals surface area (Å²) in [5.41, 5.74) is 0.222. The van der Waals surface area contributed by atoms with E-state index in [1.165, 1.54) is 14.0 Å². The zero-order valence-electron chi connectivity index (χ0n) is 11.6. The summed E-state index contributed by atoms with van der Waals surface area (Å²) in [5, 5.41) is 0. The van der Waals surface area contributed by atoms with Crippen molar-refractivity contribution in [2.45, 2.75) is 40.5 Å². The lowest BCUT2D eigenvalue weighted by atomic mass is 9.69. The number of hydrogen-bond acceptors (Lipinski definition) is 4. The predicted molar refractivity (Wildman–Crippen MR) is 65.4 cm³/mol. The van der Waals surface area contributed by atoms with Gasteiger partial charge in [-0.05, 0) is 18.3 Å². The Hall–Kier alpha value is -1.32. The molecular weight excluding hydrogens is 232 g/mol. The Balaban J connectivity index is 2.55. The van der Waals surface area contributed by atoms with Crippen molar-refractivity contribution in [3.63, 3.8) is 0 Å². The van der Waals surface area contributed by atoms with Crippen molar-refractivity contribution in [2.75, 3.05) is 7.11 Å². The van der Waals surface area contributed by atoms with Crippen LogP contribution < -0.4 is 0 Å². The first-order chi connectivity index (χ1) is 8.25. The Morgan fingerprint density at radius 3 is 2.39 bits per heavy atom. The van der Waals surface area contributed by atoms with Gasteiger partial charge in [-0.3, -0.25) is 4.79 Å². The number of fused-ring (bicyclic) bond motifs is 2. The highest BCUT2D eigenvalue weighted by molar-refractivity contribution is 5.92. The number of hydrogen-bond donors (Lipinski definition) is 0. The van der Waals surface area contributed by atoms with E-state index < -0.39 is 0 Å². The second kappa shape index (κ2) is 3.84. The first-order valence-corrected chi connectivity index (χ1v) is 6.27. The summed E-state index contributed by atoms with van der Waals surface area (Å²) in [5.74, 6) is -0.101. The molecule has 0 unspecified atom stereocenters. The second-order valence-corrected chi connectivity index (χ2v) is 5.97. The van der Waals surface area contributed by atoms with Gasteiger partial charge in [0.25, 0.3) is 0 Å². The summed E-state index contributed by atoms with van der Waals surface area (Å²) in [6, 6.07) is 0. The molecule has 0 radical (unpaired) electrons. The monoisotopic (exact) mass is 252 g/mol. The average molecular weight is 252 g/mol. The van der Waals surface area contributed by atoms with Gasteiger partial charge < -0.3 is 9.47 Å². The van der Waals surface area contributed by atoms with Gasteiger partial charge in [-0.1, -0.05) is 20.8 Å². The normalized spacial score (nSPS) is 32.6. The number of allylic oxidation sites excluding steroid dienone is 1. The summed E-state index contributed by atoms with van der Waals surface area (Å²) in [7, 11) is 1.36. The minimum atomic E-state index is -0.379. The molecule has 0 aromatic heterocycles. The summed E-state index contributed by atoms with van der Waals surface area (Å²) < 4.78 is 10.2. The van der Waals surface area contributed by atoms with Crippen LogP contribution in [0.15, 0.2) is 11.3 Å². The quantitative estimate of drug-likeness (QED) is 0.708. The van der Waals surface area contributed by atoms with Gasteiger partial charge in [-0.25, -0.2) is 4.79 Å². The summed E-state index contributed by atoms with van der Waals surface area (Å²) in [6.07, 6.45) is 1.88. The molecule has 1 saturated carbocycles. The molecule has 2 aliphatic rings. The molecule has 4 nitrogen and oxygen atoms in total. The van der Waals surface area contributed by atoms with Crippen molar-refractivity contribution in [2.24, 2.45) is 16.7 Å². The summed E-state index contributed by atoms with van der Waals surface area (Å²) in [4.78, 5) is 23.2. The third-order valence-corrected chi connectivity index (χ3v) is 4.97.